The van der Waals surface area contributed by atoms with Gasteiger partial charge >= 0.3 is 0 Å². The Labute approximate surface area is 155 Å². The van der Waals surface area contributed by atoms with Crippen molar-refractivity contribution in [3.05, 3.63) is 66.0 Å². The maximum Gasteiger partial charge on any atom is 0.281 e. The molecule has 1 amide bonds. The summed E-state index contributed by atoms with van der Waals surface area (Å²) in [5.41, 5.74) is 2.29. The predicted octanol–water partition coefficient (Wildman–Crippen LogP) is 2.67. The fraction of sp³-hybridized carbons (Fsp3) is 0.211. The Hall–Kier alpha value is -2.64. The molecular weight excluding hydrogens is 348 g/mol. The van der Waals surface area contributed by atoms with E-state index in [1.165, 1.54) is 11.8 Å². The van der Waals surface area contributed by atoms with Crippen LogP contribution >= 0.6 is 11.8 Å². The number of fused-ring (bicyclic) bond motifs is 1. The molecule has 0 radical (unpaired) electrons. The Morgan fingerprint density at radius 3 is 2.96 bits per heavy atom. The first-order chi connectivity index (χ1) is 12.8. The number of carbonyl (C=O) groups excluding carboxylic acids is 1. The number of aromatic nitrogens is 2. The monoisotopic (exact) mass is 366 g/mol. The maximum absolute atomic E-state index is 12.7. The van der Waals surface area contributed by atoms with E-state index in [1.54, 1.807) is 18.5 Å². The number of nitrogens with one attached hydrogen (secondary N) is 1. The van der Waals surface area contributed by atoms with Gasteiger partial charge in [-0.25, -0.2) is 4.98 Å². The van der Waals surface area contributed by atoms with Crippen molar-refractivity contribution in [1.29, 1.82) is 0 Å². The van der Waals surface area contributed by atoms with E-state index in [2.05, 4.69) is 15.0 Å². The smallest absolute Gasteiger partial charge is 0.281 e. The van der Waals surface area contributed by atoms with Crippen LogP contribution in [0.3, 0.4) is 0 Å². The highest BCUT2D eigenvalue weighted by Gasteiger charge is 2.30. The Morgan fingerprint density at radius 2 is 2.15 bits per heavy atom. The number of aliphatic hydroxyl groups excluding tert-OH is 1. The Kier molecular flexibility index (Phi) is 4.73. The van der Waals surface area contributed by atoms with E-state index in [9.17, 15) is 9.90 Å². The van der Waals surface area contributed by atoms with Gasteiger partial charge in [-0.1, -0.05) is 42.1 Å². The summed E-state index contributed by atoms with van der Waals surface area (Å²) in [6.07, 6.45) is 3.33. The number of aromatic amines is 1. The highest BCUT2D eigenvalue weighted by Crippen LogP contribution is 2.27. The molecule has 0 bridgehead atoms. The summed E-state index contributed by atoms with van der Waals surface area (Å²) >= 11 is 1.50. The molecule has 132 valence electrons. The number of aliphatic hydroxyl groups is 1. The van der Waals surface area contributed by atoms with Gasteiger partial charge in [-0.3, -0.25) is 4.79 Å². The van der Waals surface area contributed by atoms with Gasteiger partial charge in [-0.05, 0) is 17.7 Å². The third kappa shape index (κ3) is 3.23. The lowest BCUT2D eigenvalue weighted by Crippen LogP contribution is -2.36. The molecule has 0 spiro atoms. The molecule has 4 rings (SSSR count). The largest absolute Gasteiger partial charge is 0.394 e. The van der Waals surface area contributed by atoms with Crippen LogP contribution in [0, 0.1) is 0 Å². The Bertz CT molecular complexity index is 954. The molecule has 1 aliphatic rings. The third-order valence-electron chi connectivity index (χ3n) is 4.38. The minimum Gasteiger partial charge on any atom is -0.394 e. The molecule has 1 fully saturated rings. The van der Waals surface area contributed by atoms with Crippen molar-refractivity contribution in [3.63, 3.8) is 0 Å². The molecule has 26 heavy (non-hydrogen) atoms. The van der Waals surface area contributed by atoms with Gasteiger partial charge in [-0.15, -0.1) is 0 Å². The highest BCUT2D eigenvalue weighted by molar-refractivity contribution is 8.14. The zero-order valence-corrected chi connectivity index (χ0v) is 14.8. The number of amides is 1. The fourth-order valence-electron chi connectivity index (χ4n) is 3.00. The SMILES string of the molecule is O=C(N=C1SCC(CO)N1Cc1ccccc1)c1c[nH]c2ncccc12. The van der Waals surface area contributed by atoms with Crippen LogP contribution in [0.1, 0.15) is 15.9 Å². The summed E-state index contributed by atoms with van der Waals surface area (Å²) in [4.78, 5) is 26.3. The van der Waals surface area contributed by atoms with Crippen molar-refractivity contribution in [2.45, 2.75) is 12.6 Å². The molecule has 1 atom stereocenters. The number of hydrogen-bond acceptors (Lipinski definition) is 4. The molecule has 3 heterocycles. The fourth-order valence-corrected chi connectivity index (χ4v) is 4.16. The number of carbonyl (C=O) groups is 1. The van der Waals surface area contributed by atoms with Crippen molar-refractivity contribution in [3.8, 4) is 0 Å². The van der Waals surface area contributed by atoms with Crippen LogP contribution in [0.15, 0.2) is 59.9 Å². The Balaban J connectivity index is 1.62. The molecule has 6 nitrogen and oxygen atoms in total. The first-order valence-electron chi connectivity index (χ1n) is 8.35. The van der Waals surface area contributed by atoms with Crippen LogP contribution in [0.4, 0.5) is 0 Å². The van der Waals surface area contributed by atoms with Crippen LogP contribution in [-0.4, -0.2) is 49.5 Å². The van der Waals surface area contributed by atoms with E-state index in [0.717, 1.165) is 10.9 Å². The summed E-state index contributed by atoms with van der Waals surface area (Å²) in [5.74, 6) is 0.411. The maximum atomic E-state index is 12.7. The van der Waals surface area contributed by atoms with Crippen LogP contribution in [-0.2, 0) is 6.54 Å². The number of rotatable bonds is 4. The summed E-state index contributed by atoms with van der Waals surface area (Å²) in [5, 5.41) is 11.1. The van der Waals surface area contributed by atoms with E-state index in [0.29, 0.717) is 28.7 Å². The zero-order valence-electron chi connectivity index (χ0n) is 14.0. The third-order valence-corrected chi connectivity index (χ3v) is 5.51. The zero-order chi connectivity index (χ0) is 17.9. The van der Waals surface area contributed by atoms with Gasteiger partial charge in [0.15, 0.2) is 5.17 Å². The van der Waals surface area contributed by atoms with Crippen molar-refractivity contribution >= 4 is 33.9 Å². The van der Waals surface area contributed by atoms with E-state index in [-0.39, 0.29) is 18.6 Å². The standard InChI is InChI=1S/C19H18N4O2S/c24-11-14-12-26-19(23(14)10-13-5-2-1-3-6-13)22-18(25)16-9-21-17-15(16)7-4-8-20-17/h1-9,14,24H,10-12H2,(H,20,21). The molecule has 7 heteroatoms. The number of amidine groups is 1. The number of nitrogens with zero attached hydrogens (tertiary/aromatic N) is 3. The predicted molar refractivity (Wildman–Crippen MR) is 103 cm³/mol. The summed E-state index contributed by atoms with van der Waals surface area (Å²) in [7, 11) is 0. The molecule has 3 aromatic rings. The second kappa shape index (κ2) is 7.31. The quantitative estimate of drug-likeness (QED) is 0.742. The first-order valence-corrected chi connectivity index (χ1v) is 9.34. The lowest BCUT2D eigenvalue weighted by atomic mass is 10.2. The molecule has 0 aliphatic carbocycles. The molecule has 1 aromatic carbocycles. The van der Waals surface area contributed by atoms with Crippen LogP contribution in [0.5, 0.6) is 0 Å². The minimum absolute atomic E-state index is 0.0318. The summed E-state index contributed by atoms with van der Waals surface area (Å²) < 4.78 is 0. The molecule has 2 aromatic heterocycles. The topological polar surface area (TPSA) is 81.6 Å². The van der Waals surface area contributed by atoms with E-state index >= 15 is 0 Å². The number of hydrogen-bond donors (Lipinski definition) is 2. The number of pyridine rings is 1. The van der Waals surface area contributed by atoms with E-state index < -0.39 is 0 Å². The minimum atomic E-state index is -0.302. The van der Waals surface area contributed by atoms with Crippen LogP contribution < -0.4 is 0 Å². The van der Waals surface area contributed by atoms with Crippen molar-refractivity contribution in [2.75, 3.05) is 12.4 Å². The van der Waals surface area contributed by atoms with Crippen LogP contribution in [0.2, 0.25) is 0 Å². The van der Waals surface area contributed by atoms with Gasteiger partial charge < -0.3 is 15.0 Å². The molecule has 1 unspecified atom stereocenters. The summed E-state index contributed by atoms with van der Waals surface area (Å²) in [6.45, 7) is 0.644. The van der Waals surface area contributed by atoms with Gasteiger partial charge in [-0.2, -0.15) is 4.99 Å². The highest BCUT2D eigenvalue weighted by atomic mass is 32.2. The Morgan fingerprint density at radius 1 is 1.31 bits per heavy atom. The van der Waals surface area contributed by atoms with E-state index in [4.69, 9.17) is 0 Å². The number of thioether (sulfide) groups is 1. The van der Waals surface area contributed by atoms with Gasteiger partial charge in [0.1, 0.15) is 5.65 Å². The molecule has 2 N–H and O–H groups in total. The second-order valence-corrected chi connectivity index (χ2v) is 7.05. The summed E-state index contributed by atoms with van der Waals surface area (Å²) in [6, 6.07) is 13.6. The average Bonchev–Trinajstić information content (AvgIpc) is 3.27. The second-order valence-electron chi connectivity index (χ2n) is 6.06. The number of aliphatic imine (C=N–C) groups is 1. The van der Waals surface area contributed by atoms with Crippen molar-refractivity contribution < 1.29 is 9.90 Å². The number of benzene rings is 1. The molecular formula is C19H18N4O2S. The number of H-pyrrole nitrogens is 1. The molecule has 1 saturated heterocycles. The van der Waals surface area contributed by atoms with E-state index in [1.807, 2.05) is 41.3 Å². The van der Waals surface area contributed by atoms with Crippen molar-refractivity contribution in [2.24, 2.45) is 4.99 Å². The molecule has 1 aliphatic heterocycles. The lowest BCUT2D eigenvalue weighted by Gasteiger charge is -2.24. The average molecular weight is 366 g/mol. The normalized spacial score (nSPS) is 18.7. The van der Waals surface area contributed by atoms with Crippen molar-refractivity contribution in [1.82, 2.24) is 14.9 Å². The van der Waals surface area contributed by atoms with Gasteiger partial charge in [0.05, 0.1) is 18.2 Å². The lowest BCUT2D eigenvalue weighted by molar-refractivity contribution is 0.100. The van der Waals surface area contributed by atoms with Crippen LogP contribution in [0.25, 0.3) is 11.0 Å². The first kappa shape index (κ1) is 16.8. The van der Waals surface area contributed by atoms with Gasteiger partial charge in [0.25, 0.3) is 5.91 Å². The molecule has 0 saturated carbocycles. The van der Waals surface area contributed by atoms with Gasteiger partial charge in [0, 0.05) is 30.1 Å². The van der Waals surface area contributed by atoms with Gasteiger partial charge in [0.2, 0.25) is 0 Å².